The first-order valence-corrected chi connectivity index (χ1v) is 9.17. The van der Waals surface area contributed by atoms with Gasteiger partial charge in [0.15, 0.2) is 6.61 Å². The van der Waals surface area contributed by atoms with Gasteiger partial charge in [-0.3, -0.25) is 9.59 Å². The molecular formula is C22H16F2N4O3. The lowest BCUT2D eigenvalue weighted by Crippen LogP contribution is -2.20. The number of ether oxygens (including phenoxy) is 1. The second-order valence-corrected chi connectivity index (χ2v) is 6.68. The zero-order valence-electron chi connectivity index (χ0n) is 16.0. The molecule has 0 saturated heterocycles. The fourth-order valence-corrected chi connectivity index (χ4v) is 2.98. The quantitative estimate of drug-likeness (QED) is 0.441. The Kier molecular flexibility index (Phi) is 5.31. The monoisotopic (exact) mass is 422 g/mol. The molecule has 1 heterocycles. The molecule has 0 aliphatic rings. The molecule has 0 aliphatic heterocycles. The zero-order chi connectivity index (χ0) is 22.0. The number of hydrogen-bond donors (Lipinski definition) is 3. The highest BCUT2D eigenvalue weighted by Crippen LogP contribution is 2.26. The van der Waals surface area contributed by atoms with Crippen molar-refractivity contribution in [2.24, 2.45) is 5.73 Å². The van der Waals surface area contributed by atoms with Crippen LogP contribution in [-0.4, -0.2) is 28.4 Å². The maximum atomic E-state index is 14.0. The summed E-state index contributed by atoms with van der Waals surface area (Å²) in [5, 5.41) is 2.74. The minimum atomic E-state index is -0.625. The van der Waals surface area contributed by atoms with Gasteiger partial charge in [0.05, 0.1) is 16.6 Å². The van der Waals surface area contributed by atoms with Gasteiger partial charge in [-0.2, -0.15) is 0 Å². The van der Waals surface area contributed by atoms with Crippen molar-refractivity contribution < 1.29 is 23.1 Å². The van der Waals surface area contributed by atoms with Crippen LogP contribution < -0.4 is 15.8 Å². The van der Waals surface area contributed by atoms with Gasteiger partial charge in [-0.1, -0.05) is 6.07 Å². The Hall–Kier alpha value is -4.27. The molecule has 2 amide bonds. The molecule has 0 fully saturated rings. The fraction of sp³-hybridized carbons (Fsp3) is 0.0455. The average Bonchev–Trinajstić information content (AvgIpc) is 3.17. The average molecular weight is 422 g/mol. The van der Waals surface area contributed by atoms with Crippen LogP contribution in [0.15, 0.2) is 60.7 Å². The third-order valence-corrected chi connectivity index (χ3v) is 4.40. The number of aromatic nitrogens is 2. The van der Waals surface area contributed by atoms with Crippen molar-refractivity contribution in [3.05, 3.63) is 77.9 Å². The van der Waals surface area contributed by atoms with E-state index in [-0.39, 0.29) is 18.0 Å². The van der Waals surface area contributed by atoms with Crippen molar-refractivity contribution in [2.45, 2.75) is 0 Å². The van der Waals surface area contributed by atoms with Gasteiger partial charge in [0, 0.05) is 11.3 Å². The molecule has 0 atom stereocenters. The van der Waals surface area contributed by atoms with Crippen molar-refractivity contribution in [1.82, 2.24) is 9.97 Å². The molecule has 0 bridgehead atoms. The van der Waals surface area contributed by atoms with E-state index in [1.165, 1.54) is 6.07 Å². The molecule has 0 unspecified atom stereocenters. The predicted octanol–water partition coefficient (Wildman–Crippen LogP) is 3.62. The van der Waals surface area contributed by atoms with Gasteiger partial charge in [-0.05, 0) is 54.6 Å². The summed E-state index contributed by atoms with van der Waals surface area (Å²) < 4.78 is 32.7. The Labute approximate surface area is 174 Å². The summed E-state index contributed by atoms with van der Waals surface area (Å²) in [6.45, 7) is -0.296. The molecule has 0 aliphatic carbocycles. The first-order chi connectivity index (χ1) is 14.9. The van der Waals surface area contributed by atoms with E-state index in [4.69, 9.17) is 10.5 Å². The van der Waals surface area contributed by atoms with Crippen molar-refractivity contribution in [1.29, 1.82) is 0 Å². The van der Waals surface area contributed by atoms with Gasteiger partial charge < -0.3 is 20.8 Å². The number of halogens is 2. The molecule has 9 heteroatoms. The zero-order valence-corrected chi connectivity index (χ0v) is 16.0. The molecule has 0 saturated carbocycles. The lowest BCUT2D eigenvalue weighted by molar-refractivity contribution is -0.119. The van der Waals surface area contributed by atoms with Crippen LogP contribution in [0.5, 0.6) is 5.75 Å². The molecule has 1 aromatic heterocycles. The molecule has 31 heavy (non-hydrogen) atoms. The fourth-order valence-electron chi connectivity index (χ4n) is 2.98. The molecule has 0 radical (unpaired) electrons. The Balaban J connectivity index is 1.55. The van der Waals surface area contributed by atoms with Crippen LogP contribution >= 0.6 is 0 Å². The number of anilines is 1. The van der Waals surface area contributed by atoms with Crippen LogP contribution in [0.4, 0.5) is 14.5 Å². The topological polar surface area (TPSA) is 110 Å². The molecule has 4 aromatic rings. The summed E-state index contributed by atoms with van der Waals surface area (Å²) >= 11 is 0. The smallest absolute Gasteiger partial charge is 0.255 e. The highest BCUT2D eigenvalue weighted by Gasteiger charge is 2.13. The van der Waals surface area contributed by atoms with E-state index < -0.39 is 23.4 Å². The number of fused-ring (bicyclic) bond motifs is 1. The highest BCUT2D eigenvalue weighted by molar-refractivity contribution is 6.05. The summed E-state index contributed by atoms with van der Waals surface area (Å²) in [6, 6.07) is 14.3. The Morgan fingerprint density at radius 3 is 2.71 bits per heavy atom. The lowest BCUT2D eigenvalue weighted by atomic mass is 10.2. The molecule has 0 spiro atoms. The van der Waals surface area contributed by atoms with E-state index >= 15 is 0 Å². The van der Waals surface area contributed by atoms with Crippen LogP contribution in [0.3, 0.4) is 0 Å². The summed E-state index contributed by atoms with van der Waals surface area (Å²) in [5.74, 6) is -1.70. The maximum absolute atomic E-state index is 14.0. The Morgan fingerprint density at radius 1 is 1.06 bits per heavy atom. The molecule has 156 valence electrons. The van der Waals surface area contributed by atoms with Crippen LogP contribution in [0.2, 0.25) is 0 Å². The van der Waals surface area contributed by atoms with E-state index in [1.807, 2.05) is 0 Å². The number of aromatic amines is 1. The maximum Gasteiger partial charge on any atom is 0.255 e. The number of H-pyrrole nitrogens is 1. The minimum Gasteiger partial charge on any atom is -0.484 e. The molecule has 3 aromatic carbocycles. The van der Waals surface area contributed by atoms with Gasteiger partial charge in [-0.15, -0.1) is 0 Å². The number of imidazole rings is 1. The van der Waals surface area contributed by atoms with E-state index in [2.05, 4.69) is 15.3 Å². The van der Waals surface area contributed by atoms with E-state index in [1.54, 1.807) is 36.4 Å². The Bertz CT molecular complexity index is 1300. The standard InChI is InChI=1S/C22H16F2N4O3/c23-13-4-6-17(24)16(9-13)21-27-18-7-5-14(10-19(18)28-21)26-22(30)12-2-1-3-15(8-12)31-11-20(25)29/h1-10H,11H2,(H2,25,29)(H,26,30)(H,27,28). The SMILES string of the molecule is NC(=O)COc1cccc(C(=O)Nc2ccc3nc(-c4cc(F)ccc4F)[nH]c3c2)c1. The first kappa shape index (κ1) is 20.0. The van der Waals surface area contributed by atoms with Gasteiger partial charge >= 0.3 is 0 Å². The van der Waals surface area contributed by atoms with Crippen LogP contribution in [0, 0.1) is 11.6 Å². The van der Waals surface area contributed by atoms with Crippen LogP contribution in [-0.2, 0) is 4.79 Å². The van der Waals surface area contributed by atoms with Crippen LogP contribution in [0.1, 0.15) is 10.4 Å². The summed E-state index contributed by atoms with van der Waals surface area (Å²) in [4.78, 5) is 30.6. The molecule has 4 N–H and O–H groups in total. The predicted molar refractivity (Wildman–Crippen MR) is 111 cm³/mol. The Morgan fingerprint density at radius 2 is 1.90 bits per heavy atom. The van der Waals surface area contributed by atoms with Gasteiger partial charge in [0.25, 0.3) is 11.8 Å². The van der Waals surface area contributed by atoms with Gasteiger partial charge in [-0.25, -0.2) is 13.8 Å². The minimum absolute atomic E-state index is 0.00885. The van der Waals surface area contributed by atoms with Crippen molar-refractivity contribution in [2.75, 3.05) is 11.9 Å². The first-order valence-electron chi connectivity index (χ1n) is 9.17. The van der Waals surface area contributed by atoms with Crippen molar-refractivity contribution in [3.8, 4) is 17.1 Å². The number of nitrogens with zero attached hydrogens (tertiary/aromatic N) is 1. The lowest BCUT2D eigenvalue weighted by Gasteiger charge is -2.08. The number of amides is 2. The van der Waals surface area contributed by atoms with Gasteiger partial charge in [0.2, 0.25) is 0 Å². The summed E-state index contributed by atoms with van der Waals surface area (Å²) in [5.41, 5.74) is 6.90. The number of nitrogens with two attached hydrogens (primary N) is 1. The largest absolute Gasteiger partial charge is 0.484 e. The number of carbonyl (C=O) groups excluding carboxylic acids is 2. The van der Waals surface area contributed by atoms with Crippen molar-refractivity contribution >= 4 is 28.5 Å². The molecule has 4 rings (SSSR count). The van der Waals surface area contributed by atoms with E-state index in [0.717, 1.165) is 18.2 Å². The normalized spacial score (nSPS) is 10.8. The number of nitrogens with one attached hydrogen (secondary N) is 2. The van der Waals surface area contributed by atoms with E-state index in [9.17, 15) is 18.4 Å². The summed E-state index contributed by atoms with van der Waals surface area (Å²) in [7, 11) is 0. The van der Waals surface area contributed by atoms with E-state index in [0.29, 0.717) is 28.0 Å². The number of carbonyl (C=O) groups is 2. The van der Waals surface area contributed by atoms with Crippen molar-refractivity contribution in [3.63, 3.8) is 0 Å². The van der Waals surface area contributed by atoms with Gasteiger partial charge in [0.1, 0.15) is 23.2 Å². The number of rotatable bonds is 6. The molecular weight excluding hydrogens is 406 g/mol. The third-order valence-electron chi connectivity index (χ3n) is 4.40. The second-order valence-electron chi connectivity index (χ2n) is 6.68. The number of hydrogen-bond acceptors (Lipinski definition) is 4. The molecule has 7 nitrogen and oxygen atoms in total. The number of primary amides is 1. The number of benzene rings is 3. The third kappa shape index (κ3) is 4.50. The second kappa shape index (κ2) is 8.23. The highest BCUT2D eigenvalue weighted by atomic mass is 19.1. The van der Waals surface area contributed by atoms with Crippen LogP contribution in [0.25, 0.3) is 22.4 Å². The summed E-state index contributed by atoms with van der Waals surface area (Å²) in [6.07, 6.45) is 0.